The van der Waals surface area contributed by atoms with Crippen molar-refractivity contribution in [3.05, 3.63) is 59.7 Å². The van der Waals surface area contributed by atoms with Crippen LogP contribution in [0.2, 0.25) is 0 Å². The van der Waals surface area contributed by atoms with E-state index in [0.717, 1.165) is 0 Å². The SMILES string of the molecule is CCN(CC)C(=O)c1cccc(NC(=O)c2ccc(SC(F)F)cc2)c1. The van der Waals surface area contributed by atoms with Gasteiger partial charge in [-0.25, -0.2) is 0 Å². The Morgan fingerprint density at radius 3 is 2.27 bits per heavy atom. The molecule has 138 valence electrons. The van der Waals surface area contributed by atoms with Crippen molar-refractivity contribution in [3.63, 3.8) is 0 Å². The number of carbonyl (C=O) groups excluding carboxylic acids is 2. The summed E-state index contributed by atoms with van der Waals surface area (Å²) in [6.45, 7) is 5.02. The summed E-state index contributed by atoms with van der Waals surface area (Å²) in [4.78, 5) is 26.8. The molecule has 2 aromatic carbocycles. The van der Waals surface area contributed by atoms with Crippen molar-refractivity contribution in [2.24, 2.45) is 0 Å². The molecule has 0 unspecified atom stereocenters. The Labute approximate surface area is 155 Å². The number of nitrogens with one attached hydrogen (secondary N) is 1. The first-order valence-corrected chi connectivity index (χ1v) is 9.08. The highest BCUT2D eigenvalue weighted by Crippen LogP contribution is 2.25. The average molecular weight is 378 g/mol. The molecule has 0 radical (unpaired) electrons. The number of carbonyl (C=O) groups is 2. The third-order valence-corrected chi connectivity index (χ3v) is 4.48. The molecule has 0 aromatic heterocycles. The van der Waals surface area contributed by atoms with E-state index in [9.17, 15) is 18.4 Å². The molecule has 26 heavy (non-hydrogen) atoms. The van der Waals surface area contributed by atoms with Crippen molar-refractivity contribution in [3.8, 4) is 0 Å². The number of nitrogens with zero attached hydrogens (tertiary/aromatic N) is 1. The maximum Gasteiger partial charge on any atom is 0.288 e. The second kappa shape index (κ2) is 9.33. The van der Waals surface area contributed by atoms with Gasteiger partial charge in [-0.05, 0) is 56.3 Å². The maximum absolute atomic E-state index is 12.4. The lowest BCUT2D eigenvalue weighted by Gasteiger charge is -2.19. The lowest BCUT2D eigenvalue weighted by Crippen LogP contribution is -2.30. The molecule has 2 amide bonds. The summed E-state index contributed by atoms with van der Waals surface area (Å²) in [5.74, 6) is -2.97. The van der Waals surface area contributed by atoms with Gasteiger partial charge in [-0.3, -0.25) is 9.59 Å². The number of thioether (sulfide) groups is 1. The lowest BCUT2D eigenvalue weighted by molar-refractivity contribution is 0.0772. The van der Waals surface area contributed by atoms with Crippen LogP contribution in [-0.2, 0) is 0 Å². The van der Waals surface area contributed by atoms with Gasteiger partial charge in [0.2, 0.25) is 0 Å². The first-order chi connectivity index (χ1) is 12.4. The molecule has 0 saturated carbocycles. The predicted octanol–water partition coefficient (Wildman–Crippen LogP) is 4.74. The summed E-state index contributed by atoms with van der Waals surface area (Å²) in [6, 6.07) is 12.7. The Hall–Kier alpha value is -2.41. The topological polar surface area (TPSA) is 49.4 Å². The number of hydrogen-bond donors (Lipinski definition) is 1. The van der Waals surface area contributed by atoms with Crippen LogP contribution in [-0.4, -0.2) is 35.6 Å². The number of anilines is 1. The normalized spacial score (nSPS) is 10.7. The van der Waals surface area contributed by atoms with Crippen molar-refractivity contribution in [2.45, 2.75) is 24.5 Å². The number of amides is 2. The van der Waals surface area contributed by atoms with Crippen LogP contribution in [0.4, 0.5) is 14.5 Å². The fourth-order valence-corrected chi connectivity index (χ4v) is 2.91. The number of benzene rings is 2. The first-order valence-electron chi connectivity index (χ1n) is 8.20. The Balaban J connectivity index is 2.09. The number of halogens is 2. The van der Waals surface area contributed by atoms with Crippen LogP contribution in [0.3, 0.4) is 0 Å². The van der Waals surface area contributed by atoms with Crippen molar-refractivity contribution in [1.29, 1.82) is 0 Å². The van der Waals surface area contributed by atoms with Gasteiger partial charge in [0.25, 0.3) is 17.6 Å². The van der Waals surface area contributed by atoms with E-state index in [0.29, 0.717) is 46.6 Å². The summed E-state index contributed by atoms with van der Waals surface area (Å²) in [5, 5.41) is 2.72. The van der Waals surface area contributed by atoms with Crippen molar-refractivity contribution < 1.29 is 18.4 Å². The summed E-state index contributed by atoms with van der Waals surface area (Å²) < 4.78 is 24.7. The number of alkyl halides is 2. The van der Waals surface area contributed by atoms with E-state index in [-0.39, 0.29) is 11.8 Å². The van der Waals surface area contributed by atoms with Crippen LogP contribution in [0.5, 0.6) is 0 Å². The summed E-state index contributed by atoms with van der Waals surface area (Å²) in [6.07, 6.45) is 0. The molecule has 0 atom stereocenters. The first kappa shape index (κ1) is 19.9. The van der Waals surface area contributed by atoms with Crippen LogP contribution < -0.4 is 5.32 Å². The van der Waals surface area contributed by atoms with Crippen molar-refractivity contribution in [2.75, 3.05) is 18.4 Å². The maximum atomic E-state index is 12.4. The van der Waals surface area contributed by atoms with Gasteiger partial charge in [0.05, 0.1) is 0 Å². The molecule has 0 aliphatic rings. The van der Waals surface area contributed by atoms with E-state index >= 15 is 0 Å². The van der Waals surface area contributed by atoms with Gasteiger partial charge in [0.15, 0.2) is 0 Å². The van der Waals surface area contributed by atoms with Gasteiger partial charge < -0.3 is 10.2 Å². The molecule has 0 aliphatic carbocycles. The fraction of sp³-hybridized carbons (Fsp3) is 0.263. The molecule has 0 saturated heterocycles. The van der Waals surface area contributed by atoms with Gasteiger partial charge >= 0.3 is 0 Å². The Bertz CT molecular complexity index is 762. The zero-order valence-electron chi connectivity index (χ0n) is 14.5. The quantitative estimate of drug-likeness (QED) is 0.708. The van der Waals surface area contributed by atoms with Crippen LogP contribution in [0.15, 0.2) is 53.4 Å². The average Bonchev–Trinajstić information content (AvgIpc) is 2.63. The Kier molecular flexibility index (Phi) is 7.15. The molecule has 0 fully saturated rings. The molecule has 2 aromatic rings. The minimum atomic E-state index is -2.50. The Morgan fingerprint density at radius 1 is 1.04 bits per heavy atom. The highest BCUT2D eigenvalue weighted by molar-refractivity contribution is 7.99. The molecular formula is C19H20F2N2O2S. The van der Waals surface area contributed by atoms with Crippen molar-refractivity contribution in [1.82, 2.24) is 4.90 Å². The number of hydrogen-bond acceptors (Lipinski definition) is 3. The molecule has 2 rings (SSSR count). The Morgan fingerprint density at radius 2 is 1.69 bits per heavy atom. The van der Waals surface area contributed by atoms with E-state index in [1.54, 1.807) is 29.2 Å². The zero-order valence-corrected chi connectivity index (χ0v) is 15.4. The highest BCUT2D eigenvalue weighted by atomic mass is 32.2. The summed E-state index contributed by atoms with van der Waals surface area (Å²) >= 11 is 0.428. The van der Waals surface area contributed by atoms with Crippen LogP contribution >= 0.6 is 11.8 Å². The minimum absolute atomic E-state index is 0.0977. The van der Waals surface area contributed by atoms with Gasteiger partial charge in [-0.2, -0.15) is 8.78 Å². The standard InChI is InChI=1S/C19H20F2N2O2S/c1-3-23(4-2)18(25)14-6-5-7-15(12-14)22-17(24)13-8-10-16(11-9-13)26-19(20)21/h5-12,19H,3-4H2,1-2H3,(H,22,24). The molecule has 0 heterocycles. The van der Waals surface area contributed by atoms with Crippen LogP contribution in [0.25, 0.3) is 0 Å². The second-order valence-electron chi connectivity index (χ2n) is 5.42. The number of rotatable bonds is 7. The van der Waals surface area contributed by atoms with Gasteiger partial charge in [-0.15, -0.1) is 0 Å². The highest BCUT2D eigenvalue weighted by Gasteiger charge is 2.14. The minimum Gasteiger partial charge on any atom is -0.339 e. The predicted molar refractivity (Wildman–Crippen MR) is 99.9 cm³/mol. The molecule has 4 nitrogen and oxygen atoms in total. The van der Waals surface area contributed by atoms with Gasteiger partial charge in [0.1, 0.15) is 0 Å². The summed E-state index contributed by atoms with van der Waals surface area (Å²) in [7, 11) is 0. The largest absolute Gasteiger partial charge is 0.339 e. The van der Waals surface area contributed by atoms with E-state index in [2.05, 4.69) is 5.32 Å². The molecule has 0 bridgehead atoms. The van der Waals surface area contributed by atoms with Gasteiger partial charge in [-0.1, -0.05) is 17.8 Å². The van der Waals surface area contributed by atoms with Crippen LogP contribution in [0, 0.1) is 0 Å². The molecule has 0 aliphatic heterocycles. The van der Waals surface area contributed by atoms with E-state index in [4.69, 9.17) is 0 Å². The van der Waals surface area contributed by atoms with Gasteiger partial charge in [0, 0.05) is 34.8 Å². The zero-order chi connectivity index (χ0) is 19.1. The van der Waals surface area contributed by atoms with E-state index < -0.39 is 5.76 Å². The molecule has 7 heteroatoms. The smallest absolute Gasteiger partial charge is 0.288 e. The fourth-order valence-electron chi connectivity index (χ4n) is 2.41. The monoisotopic (exact) mass is 378 g/mol. The second-order valence-corrected chi connectivity index (χ2v) is 6.48. The summed E-state index contributed by atoms with van der Waals surface area (Å²) in [5.41, 5.74) is 1.35. The molecule has 0 spiro atoms. The van der Waals surface area contributed by atoms with Crippen LogP contribution in [0.1, 0.15) is 34.6 Å². The van der Waals surface area contributed by atoms with E-state index in [1.165, 1.54) is 24.3 Å². The van der Waals surface area contributed by atoms with E-state index in [1.807, 2.05) is 13.8 Å². The van der Waals surface area contributed by atoms with Crippen molar-refractivity contribution >= 4 is 29.3 Å². The molecule has 1 N–H and O–H groups in total. The third-order valence-electron chi connectivity index (χ3n) is 3.76. The third kappa shape index (κ3) is 5.29. The molecular weight excluding hydrogens is 358 g/mol. The lowest BCUT2D eigenvalue weighted by atomic mass is 10.1.